The lowest BCUT2D eigenvalue weighted by Crippen LogP contribution is -1.86. The molecule has 0 aliphatic rings. The van der Waals surface area contributed by atoms with Gasteiger partial charge in [-0.1, -0.05) is 29.4 Å². The molecule has 0 atom stereocenters. The van der Waals surface area contributed by atoms with Gasteiger partial charge in [0.05, 0.1) is 12.8 Å². The Morgan fingerprint density at radius 3 is 2.68 bits per heavy atom. The van der Waals surface area contributed by atoms with Crippen molar-refractivity contribution in [3.05, 3.63) is 58.5 Å². The molecule has 0 spiro atoms. The summed E-state index contributed by atoms with van der Waals surface area (Å²) >= 11 is 0. The summed E-state index contributed by atoms with van der Waals surface area (Å²) in [7, 11) is 1.51. The normalized spacial score (nSPS) is 9.53. The molecule has 0 amide bonds. The highest BCUT2D eigenvalue weighted by molar-refractivity contribution is 5.79. The number of carbonyl (C=O) groups is 1. The summed E-state index contributed by atoms with van der Waals surface area (Å²) in [4.78, 5) is 13.5. The third kappa shape index (κ3) is 2.73. The van der Waals surface area contributed by atoms with E-state index in [0.29, 0.717) is 17.0 Å². The lowest BCUT2D eigenvalue weighted by atomic mass is 10.0. The Kier molecular flexibility index (Phi) is 3.81. The van der Waals surface area contributed by atoms with Gasteiger partial charge in [-0.25, -0.2) is 0 Å². The van der Waals surface area contributed by atoms with E-state index in [4.69, 9.17) is 10.3 Å². The minimum Gasteiger partial charge on any atom is -0.496 e. The molecule has 5 heteroatoms. The molecule has 0 saturated heterocycles. The van der Waals surface area contributed by atoms with Crippen LogP contribution in [0, 0.1) is 0 Å². The largest absolute Gasteiger partial charge is 0.496 e. The summed E-state index contributed by atoms with van der Waals surface area (Å²) in [5, 5.41) is 3.59. The lowest BCUT2D eigenvalue weighted by Gasteiger charge is -2.07. The van der Waals surface area contributed by atoms with E-state index in [1.807, 2.05) is 12.1 Å². The second-order valence-corrected chi connectivity index (χ2v) is 3.82. The van der Waals surface area contributed by atoms with Crippen molar-refractivity contribution in [2.24, 2.45) is 5.11 Å². The maximum absolute atomic E-state index is 10.8. The SMILES string of the molecule is COc1ccc(-c2cccc(C=O)c2)cc1N=[N+]=[N-]. The Hall–Kier alpha value is -2.78. The standard InChI is InChI=1S/C14H11N3O2/c1-19-14-6-5-12(8-13(14)16-17-15)11-4-2-3-10(7-11)9-18/h2-9H,1H3. The molecule has 0 aliphatic heterocycles. The lowest BCUT2D eigenvalue weighted by molar-refractivity contribution is 0.112. The van der Waals surface area contributed by atoms with E-state index < -0.39 is 0 Å². The predicted molar refractivity (Wildman–Crippen MR) is 72.6 cm³/mol. The zero-order valence-corrected chi connectivity index (χ0v) is 10.3. The third-order valence-electron chi connectivity index (χ3n) is 2.69. The average molecular weight is 253 g/mol. The van der Waals surface area contributed by atoms with Crippen LogP contribution in [0.25, 0.3) is 21.6 Å². The number of carbonyl (C=O) groups excluding carboxylic acids is 1. The molecule has 94 valence electrons. The Balaban J connectivity index is 2.53. The van der Waals surface area contributed by atoms with Gasteiger partial charge in [-0.15, -0.1) is 0 Å². The molecule has 0 unspecified atom stereocenters. The van der Waals surface area contributed by atoms with Crippen molar-refractivity contribution in [1.82, 2.24) is 0 Å². The number of benzene rings is 2. The molecule has 2 rings (SSSR count). The number of azide groups is 1. The molecule has 0 bridgehead atoms. The summed E-state index contributed by atoms with van der Waals surface area (Å²) < 4.78 is 5.11. The second kappa shape index (κ2) is 5.71. The molecule has 2 aromatic carbocycles. The summed E-state index contributed by atoms with van der Waals surface area (Å²) in [5.74, 6) is 0.507. The Morgan fingerprint density at radius 1 is 1.21 bits per heavy atom. The molecule has 0 aliphatic carbocycles. The van der Waals surface area contributed by atoms with Crippen LogP contribution >= 0.6 is 0 Å². The smallest absolute Gasteiger partial charge is 0.150 e. The molecule has 19 heavy (non-hydrogen) atoms. The van der Waals surface area contributed by atoms with E-state index in [1.165, 1.54) is 7.11 Å². The number of methoxy groups -OCH3 is 1. The quantitative estimate of drug-likeness (QED) is 0.355. The van der Waals surface area contributed by atoms with Crippen molar-refractivity contribution >= 4 is 12.0 Å². The van der Waals surface area contributed by atoms with Gasteiger partial charge in [-0.3, -0.25) is 4.79 Å². The van der Waals surface area contributed by atoms with Gasteiger partial charge < -0.3 is 4.74 Å². The predicted octanol–water partition coefficient (Wildman–Crippen LogP) is 4.12. The van der Waals surface area contributed by atoms with Gasteiger partial charge in [-0.05, 0) is 34.9 Å². The van der Waals surface area contributed by atoms with Gasteiger partial charge in [0.2, 0.25) is 0 Å². The van der Waals surface area contributed by atoms with Crippen LogP contribution in [0.1, 0.15) is 10.4 Å². The molecule has 2 aromatic rings. The van der Waals surface area contributed by atoms with E-state index >= 15 is 0 Å². The molecule has 0 fully saturated rings. The van der Waals surface area contributed by atoms with Crippen molar-refractivity contribution in [3.8, 4) is 16.9 Å². The number of aldehydes is 1. The first-order valence-corrected chi connectivity index (χ1v) is 5.57. The summed E-state index contributed by atoms with van der Waals surface area (Å²) in [6.07, 6.45) is 0.793. The maximum atomic E-state index is 10.8. The Bertz CT molecular complexity index is 661. The first-order valence-electron chi connectivity index (χ1n) is 5.57. The van der Waals surface area contributed by atoms with Crippen LogP contribution in [0.15, 0.2) is 47.6 Å². The number of nitrogens with zero attached hydrogens (tertiary/aromatic N) is 3. The van der Waals surface area contributed by atoms with Crippen LogP contribution in [-0.2, 0) is 0 Å². The fraction of sp³-hybridized carbons (Fsp3) is 0.0714. The third-order valence-corrected chi connectivity index (χ3v) is 2.69. The fourth-order valence-corrected chi connectivity index (χ4v) is 1.79. The average Bonchev–Trinajstić information content (AvgIpc) is 2.47. The molecular weight excluding hydrogens is 242 g/mol. The minimum absolute atomic E-state index is 0.416. The van der Waals surface area contributed by atoms with Crippen LogP contribution < -0.4 is 4.74 Å². The molecule has 0 aromatic heterocycles. The van der Waals surface area contributed by atoms with Crippen LogP contribution in [0.5, 0.6) is 5.75 Å². The first-order chi connectivity index (χ1) is 9.28. The zero-order chi connectivity index (χ0) is 13.7. The van der Waals surface area contributed by atoms with Crippen molar-refractivity contribution in [2.75, 3.05) is 7.11 Å². The first kappa shape index (κ1) is 12.7. The Labute approximate surface area is 110 Å². The van der Waals surface area contributed by atoms with Crippen LogP contribution in [0.3, 0.4) is 0 Å². The highest BCUT2D eigenvalue weighted by Gasteiger charge is 2.05. The maximum Gasteiger partial charge on any atom is 0.150 e. The van der Waals surface area contributed by atoms with Crippen molar-refractivity contribution < 1.29 is 9.53 Å². The molecule has 0 saturated carbocycles. The Morgan fingerprint density at radius 2 is 2.00 bits per heavy atom. The fourth-order valence-electron chi connectivity index (χ4n) is 1.79. The van der Waals surface area contributed by atoms with Gasteiger partial charge in [0.25, 0.3) is 0 Å². The van der Waals surface area contributed by atoms with Crippen molar-refractivity contribution in [2.45, 2.75) is 0 Å². The van der Waals surface area contributed by atoms with Gasteiger partial charge in [-0.2, -0.15) is 0 Å². The second-order valence-electron chi connectivity index (χ2n) is 3.82. The highest BCUT2D eigenvalue weighted by Crippen LogP contribution is 2.32. The monoisotopic (exact) mass is 253 g/mol. The van der Waals surface area contributed by atoms with Gasteiger partial charge in [0, 0.05) is 10.5 Å². The van der Waals surface area contributed by atoms with Gasteiger partial charge in [0.15, 0.2) is 0 Å². The number of rotatable bonds is 4. The molecular formula is C14H11N3O2. The topological polar surface area (TPSA) is 75.1 Å². The number of hydrogen-bond acceptors (Lipinski definition) is 3. The van der Waals surface area contributed by atoms with E-state index in [-0.39, 0.29) is 0 Å². The molecule has 0 N–H and O–H groups in total. The van der Waals surface area contributed by atoms with E-state index in [2.05, 4.69) is 10.0 Å². The molecule has 0 radical (unpaired) electrons. The summed E-state index contributed by atoms with van der Waals surface area (Å²) in [5.41, 5.74) is 11.3. The minimum atomic E-state index is 0.416. The van der Waals surface area contributed by atoms with E-state index in [0.717, 1.165) is 17.4 Å². The highest BCUT2D eigenvalue weighted by atomic mass is 16.5. The van der Waals surface area contributed by atoms with Crippen LogP contribution in [0.4, 0.5) is 5.69 Å². The van der Waals surface area contributed by atoms with Crippen LogP contribution in [-0.4, -0.2) is 13.4 Å². The van der Waals surface area contributed by atoms with Gasteiger partial charge in [0.1, 0.15) is 12.0 Å². The number of ether oxygens (including phenoxy) is 1. The summed E-state index contributed by atoms with van der Waals surface area (Å²) in [6, 6.07) is 12.5. The summed E-state index contributed by atoms with van der Waals surface area (Å²) in [6.45, 7) is 0. The molecule has 5 nitrogen and oxygen atoms in total. The van der Waals surface area contributed by atoms with Gasteiger partial charge >= 0.3 is 0 Å². The zero-order valence-electron chi connectivity index (χ0n) is 10.3. The van der Waals surface area contributed by atoms with Crippen LogP contribution in [0.2, 0.25) is 0 Å². The van der Waals surface area contributed by atoms with E-state index in [9.17, 15) is 4.79 Å². The van der Waals surface area contributed by atoms with Crippen molar-refractivity contribution in [3.63, 3.8) is 0 Å². The number of hydrogen-bond donors (Lipinski definition) is 0. The van der Waals surface area contributed by atoms with E-state index in [1.54, 1.807) is 30.3 Å². The van der Waals surface area contributed by atoms with Crippen molar-refractivity contribution in [1.29, 1.82) is 0 Å². The molecule has 0 heterocycles.